The summed E-state index contributed by atoms with van der Waals surface area (Å²) < 4.78 is 0. The molecule has 164 valence electrons. The molecule has 2 heteroatoms. The van der Waals surface area contributed by atoms with E-state index in [1.807, 2.05) is 0 Å². The second kappa shape index (κ2) is 22.8. The van der Waals surface area contributed by atoms with Crippen molar-refractivity contribution in [2.45, 2.75) is 116 Å². The number of nitrogens with one attached hydrogen (secondary N) is 1. The third kappa shape index (κ3) is 18.8. The molecule has 1 nitrogen and oxygen atoms in total. The second-order valence-electron chi connectivity index (χ2n) is 8.29. The molecule has 0 aliphatic rings. The Morgan fingerprint density at radius 1 is 0.536 bits per heavy atom. The number of hydrogen-bond acceptors (Lipinski definition) is 1. The van der Waals surface area contributed by atoms with Crippen molar-refractivity contribution >= 4 is 12.4 Å². The summed E-state index contributed by atoms with van der Waals surface area (Å²) in [4.78, 5) is 0. The summed E-state index contributed by atoms with van der Waals surface area (Å²) >= 11 is 0. The Kier molecular flexibility index (Phi) is 22.3. The van der Waals surface area contributed by atoms with E-state index in [9.17, 15) is 0 Å². The van der Waals surface area contributed by atoms with E-state index in [0.29, 0.717) is 0 Å². The number of halogens is 1. The van der Waals surface area contributed by atoms with Gasteiger partial charge in [0.1, 0.15) is 0 Å². The van der Waals surface area contributed by atoms with Crippen molar-refractivity contribution < 1.29 is 0 Å². The molecule has 0 aliphatic heterocycles. The Labute approximate surface area is 182 Å². The Bertz CT molecular complexity index is 393. The van der Waals surface area contributed by atoms with Crippen LogP contribution in [-0.4, -0.2) is 13.1 Å². The van der Waals surface area contributed by atoms with E-state index in [1.54, 1.807) is 0 Å². The molecule has 0 fully saturated rings. The molecule has 28 heavy (non-hydrogen) atoms. The molecule has 0 radical (unpaired) electrons. The predicted octanol–water partition coefficient (Wildman–Crippen LogP) is 8.50. The predicted molar refractivity (Wildman–Crippen MR) is 130 cm³/mol. The van der Waals surface area contributed by atoms with Gasteiger partial charge in [0, 0.05) is 0 Å². The lowest BCUT2D eigenvalue weighted by atomic mass is 10.0. The van der Waals surface area contributed by atoms with Gasteiger partial charge in [0.15, 0.2) is 0 Å². The van der Waals surface area contributed by atoms with Crippen LogP contribution in [0.5, 0.6) is 0 Å². The van der Waals surface area contributed by atoms with Gasteiger partial charge in [-0.25, -0.2) is 0 Å². The van der Waals surface area contributed by atoms with Crippen LogP contribution in [0.1, 0.15) is 115 Å². The van der Waals surface area contributed by atoms with Crippen molar-refractivity contribution in [3.63, 3.8) is 0 Å². The van der Waals surface area contributed by atoms with Crippen LogP contribution in [0.3, 0.4) is 0 Å². The normalized spacial score (nSPS) is 10.8. The molecule has 0 spiro atoms. The molecule has 0 heterocycles. The zero-order valence-corrected chi connectivity index (χ0v) is 19.5. The van der Waals surface area contributed by atoms with Gasteiger partial charge in [-0.2, -0.15) is 0 Å². The minimum Gasteiger partial charge on any atom is -0.316 e. The number of rotatable bonds is 20. The quantitative estimate of drug-likeness (QED) is 0.213. The summed E-state index contributed by atoms with van der Waals surface area (Å²) in [6.45, 7) is 4.60. The van der Waals surface area contributed by atoms with E-state index in [2.05, 4.69) is 42.6 Å². The maximum atomic E-state index is 3.58. The first-order valence-electron chi connectivity index (χ1n) is 12.2. The third-order valence-corrected chi connectivity index (χ3v) is 5.64. The minimum absolute atomic E-state index is 0. The fourth-order valence-corrected chi connectivity index (χ4v) is 3.80. The lowest BCUT2D eigenvalue weighted by Crippen LogP contribution is -2.18. The molecule has 1 aromatic carbocycles. The van der Waals surface area contributed by atoms with Gasteiger partial charge in [-0.05, 0) is 31.5 Å². The first kappa shape index (κ1) is 27.5. The van der Waals surface area contributed by atoms with Crippen LogP contribution in [0.4, 0.5) is 0 Å². The van der Waals surface area contributed by atoms with Crippen LogP contribution >= 0.6 is 12.4 Å². The van der Waals surface area contributed by atoms with E-state index in [4.69, 9.17) is 0 Å². The second-order valence-corrected chi connectivity index (χ2v) is 8.29. The largest absolute Gasteiger partial charge is 0.316 e. The number of hydrogen-bond donors (Lipinski definition) is 1. The van der Waals surface area contributed by atoms with Crippen LogP contribution in [0, 0.1) is 0 Å². The van der Waals surface area contributed by atoms with E-state index >= 15 is 0 Å². The first-order valence-corrected chi connectivity index (χ1v) is 12.2. The van der Waals surface area contributed by atoms with Crippen LogP contribution in [0.15, 0.2) is 30.3 Å². The Morgan fingerprint density at radius 2 is 0.964 bits per heavy atom. The first-order chi connectivity index (χ1) is 13.4. The van der Waals surface area contributed by atoms with Crippen molar-refractivity contribution in [2.24, 2.45) is 0 Å². The zero-order valence-electron chi connectivity index (χ0n) is 18.7. The topological polar surface area (TPSA) is 12.0 Å². The van der Waals surface area contributed by atoms with Gasteiger partial charge in [0.05, 0.1) is 0 Å². The van der Waals surface area contributed by atoms with Crippen molar-refractivity contribution in [1.29, 1.82) is 0 Å². The van der Waals surface area contributed by atoms with Crippen molar-refractivity contribution in [3.8, 4) is 0 Å². The fraction of sp³-hybridized carbons (Fsp3) is 0.769. The molecular weight excluding hydrogens is 362 g/mol. The lowest BCUT2D eigenvalue weighted by molar-refractivity contribution is 0.525. The van der Waals surface area contributed by atoms with Gasteiger partial charge in [0.25, 0.3) is 0 Å². The molecule has 1 rings (SSSR count). The standard InChI is InChI=1S/C26H47N.ClH/c1-2-3-4-5-6-7-8-9-10-11-12-13-14-15-16-20-24-27-25-23-26-21-18-17-19-22-26;/h17-19,21-22,27H,2-16,20,23-25H2,1H3;1H. The average Bonchev–Trinajstić information content (AvgIpc) is 2.70. The summed E-state index contributed by atoms with van der Waals surface area (Å²) in [5, 5.41) is 3.58. The van der Waals surface area contributed by atoms with Crippen LogP contribution in [0.25, 0.3) is 0 Å². The Hall–Kier alpha value is -0.530. The molecule has 0 saturated carbocycles. The highest BCUT2D eigenvalue weighted by Gasteiger charge is 1.95. The van der Waals surface area contributed by atoms with Gasteiger partial charge in [-0.1, -0.05) is 134 Å². The van der Waals surface area contributed by atoms with Crippen molar-refractivity contribution in [1.82, 2.24) is 5.32 Å². The zero-order chi connectivity index (χ0) is 19.3. The fourth-order valence-electron chi connectivity index (χ4n) is 3.80. The highest BCUT2D eigenvalue weighted by Crippen LogP contribution is 2.13. The number of benzene rings is 1. The van der Waals surface area contributed by atoms with Gasteiger partial charge in [-0.15, -0.1) is 12.4 Å². The number of unbranched alkanes of at least 4 members (excludes halogenated alkanes) is 15. The molecule has 0 aromatic heterocycles. The average molecular weight is 410 g/mol. The molecule has 0 aliphatic carbocycles. The van der Waals surface area contributed by atoms with Crippen LogP contribution in [-0.2, 0) is 6.42 Å². The maximum absolute atomic E-state index is 3.58. The monoisotopic (exact) mass is 409 g/mol. The summed E-state index contributed by atoms with van der Waals surface area (Å²) in [5.41, 5.74) is 1.44. The van der Waals surface area contributed by atoms with E-state index in [1.165, 1.54) is 115 Å². The summed E-state index contributed by atoms with van der Waals surface area (Å²) in [6, 6.07) is 10.8. The van der Waals surface area contributed by atoms with Crippen molar-refractivity contribution in [2.75, 3.05) is 13.1 Å². The SMILES string of the molecule is CCCCCCCCCCCCCCCCCCNCCc1ccccc1.Cl. The van der Waals surface area contributed by atoms with Crippen molar-refractivity contribution in [3.05, 3.63) is 35.9 Å². The van der Waals surface area contributed by atoms with Gasteiger partial charge < -0.3 is 5.32 Å². The van der Waals surface area contributed by atoms with Gasteiger partial charge in [0.2, 0.25) is 0 Å². The Balaban J connectivity index is 0.00000729. The van der Waals surface area contributed by atoms with E-state index in [-0.39, 0.29) is 12.4 Å². The highest BCUT2D eigenvalue weighted by atomic mass is 35.5. The van der Waals surface area contributed by atoms with Gasteiger partial charge >= 0.3 is 0 Å². The molecular formula is C26H48ClN. The van der Waals surface area contributed by atoms with Crippen LogP contribution in [0.2, 0.25) is 0 Å². The summed E-state index contributed by atoms with van der Waals surface area (Å²) in [7, 11) is 0. The molecule has 0 bridgehead atoms. The van der Waals surface area contributed by atoms with E-state index in [0.717, 1.165) is 13.0 Å². The lowest BCUT2D eigenvalue weighted by Gasteiger charge is -2.05. The molecule has 1 N–H and O–H groups in total. The van der Waals surface area contributed by atoms with Crippen LogP contribution < -0.4 is 5.32 Å². The summed E-state index contributed by atoms with van der Waals surface area (Å²) in [6.07, 6.45) is 24.3. The molecule has 0 amide bonds. The van der Waals surface area contributed by atoms with Gasteiger partial charge in [-0.3, -0.25) is 0 Å². The smallest absolute Gasteiger partial charge is 0.000835 e. The summed E-state index contributed by atoms with van der Waals surface area (Å²) in [5.74, 6) is 0. The molecule has 1 aromatic rings. The minimum atomic E-state index is 0. The third-order valence-electron chi connectivity index (χ3n) is 5.64. The molecule has 0 unspecified atom stereocenters. The molecule has 0 saturated heterocycles. The maximum Gasteiger partial charge on any atom is -0.000835 e. The van der Waals surface area contributed by atoms with E-state index < -0.39 is 0 Å². The molecule has 0 atom stereocenters. The highest BCUT2D eigenvalue weighted by molar-refractivity contribution is 5.85. The Morgan fingerprint density at radius 3 is 1.43 bits per heavy atom.